The molecule has 3 aromatic carbocycles. The number of hydrogen-bond acceptors (Lipinski definition) is 8. The van der Waals surface area contributed by atoms with Gasteiger partial charge in [-0.3, -0.25) is 4.79 Å². The van der Waals surface area contributed by atoms with Gasteiger partial charge in [0.2, 0.25) is 5.82 Å². The molecule has 5 rings (SSSR count). The van der Waals surface area contributed by atoms with Crippen LogP contribution in [0.15, 0.2) is 79.4 Å². The van der Waals surface area contributed by atoms with Crippen molar-refractivity contribution in [1.29, 1.82) is 0 Å². The van der Waals surface area contributed by atoms with Crippen LogP contribution in [0, 0.1) is 0 Å². The fourth-order valence-electron chi connectivity index (χ4n) is 4.10. The zero-order chi connectivity index (χ0) is 29.1. The molecule has 0 saturated carbocycles. The lowest BCUT2D eigenvalue weighted by atomic mass is 10.2. The number of carbonyl (C=O) groups excluding carboxylic acids is 1. The third-order valence-electron chi connectivity index (χ3n) is 5.84. The van der Waals surface area contributed by atoms with Crippen molar-refractivity contribution in [2.75, 3.05) is 13.2 Å². The predicted molar refractivity (Wildman–Crippen MR) is 161 cm³/mol. The lowest BCUT2D eigenvalue weighted by Crippen LogP contribution is -2.20. The highest BCUT2D eigenvalue weighted by atomic mass is 79.9. The standard InChI is InChI=1S/C30H25BrClN3O6/c1-4-38-25-13-19(22(31)14-26(25)39-16-28(36)40-17(2)3)15-33-35-29(34-23-8-6-5-7-21(23)30(35)37)27-12-18-11-20(32)9-10-24(18)41-27/h5-15,17H,4,16H2,1-3H3. The zero-order valence-electron chi connectivity index (χ0n) is 22.4. The van der Waals surface area contributed by atoms with E-state index in [1.807, 2.05) is 13.0 Å². The van der Waals surface area contributed by atoms with E-state index < -0.39 is 5.97 Å². The molecule has 210 valence electrons. The molecule has 0 aliphatic carbocycles. The average molecular weight is 639 g/mol. The fourth-order valence-corrected chi connectivity index (χ4v) is 4.70. The van der Waals surface area contributed by atoms with Gasteiger partial charge in [-0.15, -0.1) is 0 Å². The first-order valence-electron chi connectivity index (χ1n) is 12.8. The minimum absolute atomic E-state index is 0.224. The van der Waals surface area contributed by atoms with E-state index in [0.29, 0.717) is 55.4 Å². The van der Waals surface area contributed by atoms with E-state index in [-0.39, 0.29) is 24.1 Å². The molecule has 0 N–H and O–H groups in total. The minimum atomic E-state index is -0.493. The lowest BCUT2D eigenvalue weighted by molar-refractivity contribution is -0.149. The average Bonchev–Trinajstić information content (AvgIpc) is 3.35. The van der Waals surface area contributed by atoms with Crippen molar-refractivity contribution in [3.05, 3.63) is 86.1 Å². The topological polar surface area (TPSA) is 105 Å². The number of esters is 1. The normalized spacial score (nSPS) is 11.6. The van der Waals surface area contributed by atoms with Gasteiger partial charge in [0.15, 0.2) is 23.9 Å². The lowest BCUT2D eigenvalue weighted by Gasteiger charge is -2.14. The van der Waals surface area contributed by atoms with Crippen molar-refractivity contribution in [2.24, 2.45) is 5.10 Å². The van der Waals surface area contributed by atoms with Gasteiger partial charge in [-0.25, -0.2) is 9.78 Å². The van der Waals surface area contributed by atoms with Gasteiger partial charge >= 0.3 is 5.97 Å². The number of rotatable bonds is 9. The Labute approximate surface area is 248 Å². The van der Waals surface area contributed by atoms with E-state index in [2.05, 4.69) is 21.0 Å². The Morgan fingerprint density at radius 2 is 1.90 bits per heavy atom. The van der Waals surface area contributed by atoms with Crippen molar-refractivity contribution in [3.63, 3.8) is 0 Å². The molecule has 9 nitrogen and oxygen atoms in total. The molecule has 0 unspecified atom stereocenters. The first-order valence-corrected chi connectivity index (χ1v) is 13.9. The molecule has 0 radical (unpaired) electrons. The van der Waals surface area contributed by atoms with Gasteiger partial charge in [-0.2, -0.15) is 9.78 Å². The molecule has 0 atom stereocenters. The number of fused-ring (bicyclic) bond motifs is 2. The number of ether oxygens (including phenoxy) is 3. The Kier molecular flexibility index (Phi) is 8.41. The van der Waals surface area contributed by atoms with E-state index >= 15 is 0 Å². The number of benzene rings is 3. The summed E-state index contributed by atoms with van der Waals surface area (Å²) in [5.74, 6) is 0.832. The van der Waals surface area contributed by atoms with Crippen molar-refractivity contribution in [2.45, 2.75) is 26.9 Å². The second kappa shape index (κ2) is 12.2. The quantitative estimate of drug-likeness (QED) is 0.129. The van der Waals surface area contributed by atoms with Crippen molar-refractivity contribution < 1.29 is 23.4 Å². The molecule has 0 amide bonds. The Bertz CT molecular complexity index is 1850. The molecule has 0 fully saturated rings. The molecular weight excluding hydrogens is 614 g/mol. The minimum Gasteiger partial charge on any atom is -0.490 e. The van der Waals surface area contributed by atoms with E-state index in [9.17, 15) is 9.59 Å². The van der Waals surface area contributed by atoms with Gasteiger partial charge in [-0.05, 0) is 85.2 Å². The third-order valence-corrected chi connectivity index (χ3v) is 6.76. The van der Waals surface area contributed by atoms with Gasteiger partial charge in [-0.1, -0.05) is 23.7 Å². The molecule has 0 bridgehead atoms. The van der Waals surface area contributed by atoms with Crippen LogP contribution in [0.5, 0.6) is 11.5 Å². The van der Waals surface area contributed by atoms with E-state index in [1.165, 1.54) is 10.9 Å². The number of aromatic nitrogens is 2. The Morgan fingerprint density at radius 3 is 2.68 bits per heavy atom. The molecule has 11 heteroatoms. The SMILES string of the molecule is CCOc1cc(C=Nn2c(-c3cc4cc(Cl)ccc4o3)nc3ccccc3c2=O)c(Br)cc1OCC(=O)OC(C)C. The number of carbonyl (C=O) groups is 1. The van der Waals surface area contributed by atoms with E-state index in [0.717, 1.165) is 5.39 Å². The largest absolute Gasteiger partial charge is 0.490 e. The first-order chi connectivity index (χ1) is 19.7. The summed E-state index contributed by atoms with van der Waals surface area (Å²) in [6, 6.07) is 17.4. The van der Waals surface area contributed by atoms with Crippen LogP contribution in [0.1, 0.15) is 26.3 Å². The smallest absolute Gasteiger partial charge is 0.344 e. The van der Waals surface area contributed by atoms with Crippen molar-refractivity contribution in [3.8, 4) is 23.1 Å². The summed E-state index contributed by atoms with van der Waals surface area (Å²) in [4.78, 5) is 30.3. The first kappa shape index (κ1) is 28.4. The monoisotopic (exact) mass is 637 g/mol. The Morgan fingerprint density at radius 1 is 1.12 bits per heavy atom. The van der Waals surface area contributed by atoms with Crippen molar-refractivity contribution in [1.82, 2.24) is 9.66 Å². The maximum absolute atomic E-state index is 13.6. The van der Waals surface area contributed by atoms with Crippen LogP contribution in [0.3, 0.4) is 0 Å². The van der Waals surface area contributed by atoms with Crippen LogP contribution < -0.4 is 15.0 Å². The van der Waals surface area contributed by atoms with E-state index in [1.54, 1.807) is 68.4 Å². The van der Waals surface area contributed by atoms with Gasteiger partial charge < -0.3 is 18.6 Å². The van der Waals surface area contributed by atoms with Gasteiger partial charge in [0, 0.05) is 20.4 Å². The molecule has 0 aliphatic rings. The summed E-state index contributed by atoms with van der Waals surface area (Å²) < 4.78 is 24.4. The molecule has 0 spiro atoms. The van der Waals surface area contributed by atoms with E-state index in [4.69, 9.17) is 35.2 Å². The fraction of sp³-hybridized carbons (Fsp3) is 0.200. The summed E-state index contributed by atoms with van der Waals surface area (Å²) in [7, 11) is 0. The second-order valence-corrected chi connectivity index (χ2v) is 10.5. The highest BCUT2D eigenvalue weighted by Crippen LogP contribution is 2.34. The number of nitrogens with zero attached hydrogens (tertiary/aromatic N) is 3. The summed E-state index contributed by atoms with van der Waals surface area (Å²) in [5.41, 5.74) is 1.33. The van der Waals surface area contributed by atoms with Crippen LogP contribution in [-0.4, -0.2) is 41.2 Å². The number of furan rings is 1. The zero-order valence-corrected chi connectivity index (χ0v) is 24.7. The van der Waals surface area contributed by atoms with Crippen LogP contribution >= 0.6 is 27.5 Å². The number of para-hydroxylation sites is 1. The summed E-state index contributed by atoms with van der Waals surface area (Å²) in [5, 5.41) is 6.25. The van der Waals surface area contributed by atoms with Gasteiger partial charge in [0.25, 0.3) is 5.56 Å². The molecule has 2 heterocycles. The molecular formula is C30H25BrClN3O6. The van der Waals surface area contributed by atoms with Crippen LogP contribution in [-0.2, 0) is 9.53 Å². The Balaban J connectivity index is 1.56. The molecule has 0 saturated heterocycles. The number of hydrogen-bond donors (Lipinski definition) is 0. The summed E-state index contributed by atoms with van der Waals surface area (Å²) in [6.07, 6.45) is 1.25. The molecule has 2 aromatic heterocycles. The second-order valence-electron chi connectivity index (χ2n) is 9.19. The molecule has 41 heavy (non-hydrogen) atoms. The van der Waals surface area contributed by atoms with Gasteiger partial charge in [0.1, 0.15) is 5.58 Å². The number of halogens is 2. The van der Waals surface area contributed by atoms with Gasteiger partial charge in [0.05, 0.1) is 29.8 Å². The molecule has 0 aliphatic heterocycles. The van der Waals surface area contributed by atoms with Crippen molar-refractivity contribution >= 4 is 61.6 Å². The van der Waals surface area contributed by atoms with Crippen LogP contribution in [0.4, 0.5) is 0 Å². The molecule has 5 aromatic rings. The van der Waals surface area contributed by atoms with Crippen LogP contribution in [0.2, 0.25) is 5.02 Å². The predicted octanol–water partition coefficient (Wildman–Crippen LogP) is 6.84. The highest BCUT2D eigenvalue weighted by Gasteiger charge is 2.18. The maximum Gasteiger partial charge on any atom is 0.344 e. The summed E-state index contributed by atoms with van der Waals surface area (Å²) in [6.45, 7) is 5.45. The van der Waals surface area contributed by atoms with Crippen LogP contribution in [0.25, 0.3) is 33.5 Å². The maximum atomic E-state index is 13.6. The third kappa shape index (κ3) is 6.28. The summed E-state index contributed by atoms with van der Waals surface area (Å²) >= 11 is 9.69. The highest BCUT2D eigenvalue weighted by molar-refractivity contribution is 9.10. The Hall–Kier alpha value is -4.15.